The number of ether oxygens (including phenoxy) is 1. The van der Waals surface area contributed by atoms with E-state index in [1.54, 1.807) is 12.1 Å². The molecule has 0 bridgehead atoms. The Labute approximate surface area is 161 Å². The first-order valence-corrected chi connectivity index (χ1v) is 8.75. The number of halogens is 1. The van der Waals surface area contributed by atoms with Crippen molar-refractivity contribution in [3.63, 3.8) is 0 Å². The molecule has 1 aromatic heterocycles. The summed E-state index contributed by atoms with van der Waals surface area (Å²) in [6.45, 7) is 2.00. The summed E-state index contributed by atoms with van der Waals surface area (Å²) in [7, 11) is 0. The van der Waals surface area contributed by atoms with Crippen molar-refractivity contribution in [2.75, 3.05) is 11.5 Å². The van der Waals surface area contributed by atoms with Crippen LogP contribution in [-0.2, 0) is 0 Å². The fourth-order valence-electron chi connectivity index (χ4n) is 3.12. The van der Waals surface area contributed by atoms with Crippen LogP contribution in [0.1, 0.15) is 5.56 Å². The molecular weight excluding hydrogens is 360 g/mol. The van der Waals surface area contributed by atoms with Gasteiger partial charge in [0.15, 0.2) is 0 Å². The predicted octanol–water partition coefficient (Wildman–Crippen LogP) is 5.22. The lowest BCUT2D eigenvalue weighted by atomic mass is 9.97. The molecule has 0 aliphatic rings. The number of anilines is 2. The second-order valence-electron chi connectivity index (χ2n) is 6.18. The molecule has 0 unspecified atom stereocenters. The molecular formula is C21H17ClN4O. The van der Waals surface area contributed by atoms with Crippen LogP contribution in [0.2, 0.25) is 5.02 Å². The number of aromatic nitrogens is 2. The van der Waals surface area contributed by atoms with E-state index in [4.69, 9.17) is 27.8 Å². The molecule has 0 aliphatic heterocycles. The van der Waals surface area contributed by atoms with Gasteiger partial charge in [-0.15, -0.1) is 0 Å². The lowest BCUT2D eigenvalue weighted by molar-refractivity contribution is 0.483. The van der Waals surface area contributed by atoms with Crippen LogP contribution < -0.4 is 16.2 Å². The fourth-order valence-corrected chi connectivity index (χ4v) is 3.25. The fraction of sp³-hybridized carbons (Fsp3) is 0.0476. The highest BCUT2D eigenvalue weighted by Crippen LogP contribution is 2.34. The molecule has 0 amide bonds. The van der Waals surface area contributed by atoms with Crippen molar-refractivity contribution in [2.45, 2.75) is 6.92 Å². The third-order valence-corrected chi connectivity index (χ3v) is 4.62. The molecule has 134 valence electrons. The van der Waals surface area contributed by atoms with Crippen LogP contribution in [0.5, 0.6) is 11.5 Å². The van der Waals surface area contributed by atoms with Gasteiger partial charge in [-0.05, 0) is 66.1 Å². The molecule has 27 heavy (non-hydrogen) atoms. The Kier molecular flexibility index (Phi) is 4.30. The van der Waals surface area contributed by atoms with E-state index in [0.717, 1.165) is 39.1 Å². The number of hydrogen-bond donors (Lipinski definition) is 2. The Morgan fingerprint density at radius 3 is 2.44 bits per heavy atom. The SMILES string of the molecule is Cc1c(-c2cccc(Oc3ccc(Cl)cc3)c2)ccc2nc(N)nc(N)c12. The van der Waals surface area contributed by atoms with Crippen LogP contribution in [0.3, 0.4) is 0 Å². The Morgan fingerprint density at radius 1 is 0.889 bits per heavy atom. The van der Waals surface area contributed by atoms with Crippen molar-refractivity contribution in [1.82, 2.24) is 9.97 Å². The predicted molar refractivity (Wildman–Crippen MR) is 110 cm³/mol. The van der Waals surface area contributed by atoms with E-state index in [1.807, 2.05) is 55.5 Å². The number of nitrogen functional groups attached to an aromatic ring is 2. The van der Waals surface area contributed by atoms with Crippen LogP contribution >= 0.6 is 11.6 Å². The van der Waals surface area contributed by atoms with Crippen LogP contribution in [0.4, 0.5) is 11.8 Å². The second kappa shape index (κ2) is 6.78. The molecule has 1 heterocycles. The Hall–Kier alpha value is -3.31. The highest BCUT2D eigenvalue weighted by molar-refractivity contribution is 6.30. The molecule has 5 nitrogen and oxygen atoms in total. The summed E-state index contributed by atoms with van der Waals surface area (Å²) >= 11 is 5.92. The number of aryl methyl sites for hydroxylation is 1. The Morgan fingerprint density at radius 2 is 1.67 bits per heavy atom. The number of benzene rings is 3. The van der Waals surface area contributed by atoms with Gasteiger partial charge in [0, 0.05) is 10.4 Å². The smallest absolute Gasteiger partial charge is 0.222 e. The molecule has 0 saturated carbocycles. The maximum absolute atomic E-state index is 6.08. The molecule has 0 atom stereocenters. The standard InChI is InChI=1S/C21H17ClN4O/c1-12-17(9-10-18-19(12)20(23)26-21(24)25-18)13-3-2-4-16(11-13)27-15-7-5-14(22)6-8-15/h2-11H,1H3,(H4,23,24,25,26). The quantitative estimate of drug-likeness (QED) is 0.512. The summed E-state index contributed by atoms with van der Waals surface area (Å²) in [4.78, 5) is 8.35. The average molecular weight is 377 g/mol. The normalized spacial score (nSPS) is 10.9. The van der Waals surface area contributed by atoms with Gasteiger partial charge in [0.05, 0.1) is 5.52 Å². The van der Waals surface area contributed by atoms with Gasteiger partial charge in [0.1, 0.15) is 17.3 Å². The van der Waals surface area contributed by atoms with Crippen molar-refractivity contribution >= 4 is 34.3 Å². The summed E-state index contributed by atoms with van der Waals surface area (Å²) in [6, 6.07) is 19.0. The third kappa shape index (κ3) is 3.37. The van der Waals surface area contributed by atoms with E-state index >= 15 is 0 Å². The Bertz CT molecular complexity index is 1140. The first-order chi connectivity index (χ1) is 13.0. The molecule has 0 aliphatic carbocycles. The monoisotopic (exact) mass is 376 g/mol. The number of fused-ring (bicyclic) bond motifs is 1. The van der Waals surface area contributed by atoms with Gasteiger partial charge in [0.25, 0.3) is 0 Å². The van der Waals surface area contributed by atoms with Gasteiger partial charge in [-0.25, -0.2) is 4.98 Å². The van der Waals surface area contributed by atoms with E-state index in [1.165, 1.54) is 0 Å². The maximum Gasteiger partial charge on any atom is 0.222 e. The largest absolute Gasteiger partial charge is 0.457 e. The first-order valence-electron chi connectivity index (χ1n) is 8.37. The molecule has 0 saturated heterocycles. The summed E-state index contributed by atoms with van der Waals surface area (Å²) in [5.74, 6) is 2.01. The topological polar surface area (TPSA) is 87.0 Å². The summed E-state index contributed by atoms with van der Waals surface area (Å²) in [5, 5.41) is 1.48. The van der Waals surface area contributed by atoms with E-state index in [-0.39, 0.29) is 5.95 Å². The molecule has 4 rings (SSSR count). The zero-order chi connectivity index (χ0) is 19.0. The van der Waals surface area contributed by atoms with E-state index < -0.39 is 0 Å². The maximum atomic E-state index is 6.08. The molecule has 6 heteroatoms. The molecule has 3 aromatic carbocycles. The average Bonchev–Trinajstić information content (AvgIpc) is 2.63. The van der Waals surface area contributed by atoms with Crippen LogP contribution in [-0.4, -0.2) is 9.97 Å². The van der Waals surface area contributed by atoms with Crippen LogP contribution in [0, 0.1) is 6.92 Å². The molecule has 0 fully saturated rings. The lowest BCUT2D eigenvalue weighted by Crippen LogP contribution is -2.02. The van der Waals surface area contributed by atoms with Crippen molar-refractivity contribution in [1.29, 1.82) is 0 Å². The summed E-state index contributed by atoms with van der Waals surface area (Å²) < 4.78 is 5.94. The van der Waals surface area contributed by atoms with Gasteiger partial charge in [-0.1, -0.05) is 29.8 Å². The van der Waals surface area contributed by atoms with Crippen molar-refractivity contribution in [3.8, 4) is 22.6 Å². The molecule has 0 radical (unpaired) electrons. The number of nitrogens with zero attached hydrogens (tertiary/aromatic N) is 2. The van der Waals surface area contributed by atoms with E-state index in [9.17, 15) is 0 Å². The van der Waals surface area contributed by atoms with Crippen molar-refractivity contribution < 1.29 is 4.74 Å². The van der Waals surface area contributed by atoms with Crippen LogP contribution in [0.25, 0.3) is 22.0 Å². The van der Waals surface area contributed by atoms with Gasteiger partial charge in [0.2, 0.25) is 5.95 Å². The third-order valence-electron chi connectivity index (χ3n) is 4.36. The Balaban J connectivity index is 1.75. The van der Waals surface area contributed by atoms with E-state index in [0.29, 0.717) is 10.8 Å². The minimum atomic E-state index is 0.172. The van der Waals surface area contributed by atoms with Gasteiger partial charge in [-0.3, -0.25) is 0 Å². The minimum Gasteiger partial charge on any atom is -0.457 e. The van der Waals surface area contributed by atoms with Gasteiger partial charge < -0.3 is 16.2 Å². The molecule has 4 N–H and O–H groups in total. The van der Waals surface area contributed by atoms with Gasteiger partial charge in [-0.2, -0.15) is 4.98 Å². The molecule has 0 spiro atoms. The first kappa shape index (κ1) is 17.1. The second-order valence-corrected chi connectivity index (χ2v) is 6.62. The van der Waals surface area contributed by atoms with E-state index in [2.05, 4.69) is 9.97 Å². The summed E-state index contributed by atoms with van der Waals surface area (Å²) in [6.07, 6.45) is 0. The summed E-state index contributed by atoms with van der Waals surface area (Å²) in [5.41, 5.74) is 15.6. The zero-order valence-corrected chi connectivity index (χ0v) is 15.4. The zero-order valence-electron chi connectivity index (χ0n) is 14.6. The lowest BCUT2D eigenvalue weighted by Gasteiger charge is -2.13. The van der Waals surface area contributed by atoms with Crippen molar-refractivity contribution in [2.24, 2.45) is 0 Å². The number of nitrogens with two attached hydrogens (primary N) is 2. The van der Waals surface area contributed by atoms with Gasteiger partial charge >= 0.3 is 0 Å². The number of rotatable bonds is 3. The highest BCUT2D eigenvalue weighted by Gasteiger charge is 2.12. The number of hydrogen-bond acceptors (Lipinski definition) is 5. The minimum absolute atomic E-state index is 0.172. The highest BCUT2D eigenvalue weighted by atomic mass is 35.5. The van der Waals surface area contributed by atoms with Crippen LogP contribution in [0.15, 0.2) is 60.7 Å². The van der Waals surface area contributed by atoms with Crippen molar-refractivity contribution in [3.05, 3.63) is 71.2 Å². The molecule has 4 aromatic rings.